The minimum atomic E-state index is -0.160. The molecule has 1 N–H and O–H groups in total. The van der Waals surface area contributed by atoms with Gasteiger partial charge in [0.1, 0.15) is 6.10 Å². The Kier molecular flexibility index (Phi) is 4.69. The Morgan fingerprint density at radius 2 is 1.69 bits per heavy atom. The zero-order chi connectivity index (χ0) is 18.7. The van der Waals surface area contributed by atoms with Gasteiger partial charge in [0.05, 0.1) is 6.10 Å². The maximum absolute atomic E-state index is 11.4. The number of esters is 1. The van der Waals surface area contributed by atoms with E-state index in [1.165, 1.54) is 44.9 Å². The Morgan fingerprint density at radius 3 is 2.38 bits per heavy atom. The molecule has 0 saturated heterocycles. The number of carbonyl (C=O) groups is 1. The topological polar surface area (TPSA) is 46.5 Å². The number of hydrogen-bond donors (Lipinski definition) is 1. The lowest BCUT2D eigenvalue weighted by Crippen LogP contribution is -2.54. The van der Waals surface area contributed by atoms with Crippen LogP contribution in [0, 0.1) is 40.4 Å². The van der Waals surface area contributed by atoms with Crippen molar-refractivity contribution in [3.05, 3.63) is 0 Å². The van der Waals surface area contributed by atoms with Gasteiger partial charge in [-0.2, -0.15) is 0 Å². The van der Waals surface area contributed by atoms with Gasteiger partial charge in [-0.25, -0.2) is 0 Å². The molecular weight excluding hydrogens is 324 g/mol. The Hall–Kier alpha value is -0.570. The molecule has 0 spiro atoms. The largest absolute Gasteiger partial charge is 0.463 e. The first kappa shape index (κ1) is 18.8. The van der Waals surface area contributed by atoms with Gasteiger partial charge in [-0.15, -0.1) is 0 Å². The van der Waals surface area contributed by atoms with Crippen LogP contribution in [0.1, 0.15) is 85.5 Å². The fourth-order valence-corrected chi connectivity index (χ4v) is 8.39. The second kappa shape index (κ2) is 6.50. The summed E-state index contributed by atoms with van der Waals surface area (Å²) in [6, 6.07) is 0. The van der Waals surface area contributed by atoms with Crippen molar-refractivity contribution in [3.63, 3.8) is 0 Å². The van der Waals surface area contributed by atoms with E-state index in [4.69, 9.17) is 4.74 Å². The molecule has 0 aromatic rings. The van der Waals surface area contributed by atoms with E-state index < -0.39 is 0 Å². The molecule has 26 heavy (non-hydrogen) atoms. The molecule has 3 heteroatoms. The van der Waals surface area contributed by atoms with Crippen LogP contribution >= 0.6 is 0 Å². The Morgan fingerprint density at radius 1 is 1.00 bits per heavy atom. The highest BCUT2D eigenvalue weighted by Crippen LogP contribution is 2.67. The van der Waals surface area contributed by atoms with Crippen molar-refractivity contribution in [1.29, 1.82) is 0 Å². The number of fused-ring (bicyclic) bond motifs is 5. The highest BCUT2D eigenvalue weighted by Gasteiger charge is 2.60. The van der Waals surface area contributed by atoms with Crippen molar-refractivity contribution in [3.8, 4) is 0 Å². The average Bonchev–Trinajstić information content (AvgIpc) is 2.92. The zero-order valence-electron chi connectivity index (χ0n) is 17.2. The minimum absolute atomic E-state index is 0.115. The molecule has 4 aliphatic rings. The fraction of sp³-hybridized carbons (Fsp3) is 0.957. The van der Waals surface area contributed by atoms with Gasteiger partial charge in [0.15, 0.2) is 0 Å². The van der Waals surface area contributed by atoms with Crippen LogP contribution in [0.4, 0.5) is 0 Å². The normalized spacial score (nSPS) is 51.7. The van der Waals surface area contributed by atoms with Gasteiger partial charge >= 0.3 is 5.97 Å². The summed E-state index contributed by atoms with van der Waals surface area (Å²) >= 11 is 0. The molecule has 3 nitrogen and oxygen atoms in total. The lowest BCUT2D eigenvalue weighted by molar-refractivity contribution is -0.161. The maximum atomic E-state index is 11.4. The number of aliphatic hydroxyl groups excluding tert-OH is 1. The van der Waals surface area contributed by atoms with E-state index in [-0.39, 0.29) is 18.2 Å². The van der Waals surface area contributed by atoms with Crippen LogP contribution in [0.5, 0.6) is 0 Å². The van der Waals surface area contributed by atoms with Crippen molar-refractivity contribution in [1.82, 2.24) is 0 Å². The molecule has 4 aliphatic carbocycles. The van der Waals surface area contributed by atoms with E-state index in [2.05, 4.69) is 13.8 Å². The SMILES string of the molecule is CC(=O)OC1CC[C@]2(C)C3CC[C@]4(C)C(C(C)O)CCC4C3CC[C@H]2C1. The second-order valence-electron chi connectivity index (χ2n) is 10.6. The monoisotopic (exact) mass is 362 g/mol. The summed E-state index contributed by atoms with van der Waals surface area (Å²) in [5.74, 6) is 3.61. The van der Waals surface area contributed by atoms with Crippen molar-refractivity contribution in [2.24, 2.45) is 40.4 Å². The Labute approximate surface area is 159 Å². The highest BCUT2D eigenvalue weighted by molar-refractivity contribution is 5.66. The van der Waals surface area contributed by atoms with Gasteiger partial charge in [-0.3, -0.25) is 4.79 Å². The summed E-state index contributed by atoms with van der Waals surface area (Å²) < 4.78 is 5.58. The van der Waals surface area contributed by atoms with E-state index >= 15 is 0 Å². The van der Waals surface area contributed by atoms with E-state index in [1.54, 1.807) is 6.92 Å². The highest BCUT2D eigenvalue weighted by atomic mass is 16.5. The molecule has 0 aromatic heterocycles. The van der Waals surface area contributed by atoms with Crippen molar-refractivity contribution in [2.75, 3.05) is 0 Å². The third kappa shape index (κ3) is 2.75. The van der Waals surface area contributed by atoms with Gasteiger partial charge in [0.25, 0.3) is 0 Å². The van der Waals surface area contributed by atoms with Crippen LogP contribution in [0.3, 0.4) is 0 Å². The quantitative estimate of drug-likeness (QED) is 0.706. The molecule has 6 unspecified atom stereocenters. The Balaban J connectivity index is 1.53. The molecule has 0 bridgehead atoms. The average molecular weight is 363 g/mol. The second-order valence-corrected chi connectivity index (χ2v) is 10.6. The molecule has 4 rings (SSSR count). The molecule has 4 saturated carbocycles. The first-order valence-electron chi connectivity index (χ1n) is 11.1. The van der Waals surface area contributed by atoms with E-state index in [1.807, 2.05) is 6.92 Å². The minimum Gasteiger partial charge on any atom is -0.463 e. The molecular formula is C23H38O3. The van der Waals surface area contributed by atoms with Gasteiger partial charge in [0, 0.05) is 6.92 Å². The lowest BCUT2D eigenvalue weighted by Gasteiger charge is -2.61. The summed E-state index contributed by atoms with van der Waals surface area (Å²) in [6.07, 6.45) is 11.2. The zero-order valence-corrected chi connectivity index (χ0v) is 17.2. The molecule has 9 atom stereocenters. The van der Waals surface area contributed by atoms with Crippen molar-refractivity contribution >= 4 is 5.97 Å². The number of ether oxygens (including phenoxy) is 1. The van der Waals surface area contributed by atoms with Crippen molar-refractivity contribution < 1.29 is 14.6 Å². The van der Waals surface area contributed by atoms with E-state index in [0.29, 0.717) is 16.7 Å². The fourth-order valence-electron chi connectivity index (χ4n) is 8.39. The molecule has 0 aliphatic heterocycles. The van der Waals surface area contributed by atoms with E-state index in [0.717, 1.165) is 36.5 Å². The third-order valence-corrected chi connectivity index (χ3v) is 9.61. The number of carbonyl (C=O) groups excluding carboxylic acids is 1. The van der Waals surface area contributed by atoms with Gasteiger partial charge in [-0.1, -0.05) is 13.8 Å². The van der Waals surface area contributed by atoms with Crippen LogP contribution in [-0.4, -0.2) is 23.3 Å². The molecule has 0 aromatic carbocycles. The Bertz CT molecular complexity index is 558. The summed E-state index contributed by atoms with van der Waals surface area (Å²) in [5.41, 5.74) is 0.789. The summed E-state index contributed by atoms with van der Waals surface area (Å²) in [7, 11) is 0. The molecule has 0 radical (unpaired) electrons. The van der Waals surface area contributed by atoms with Crippen molar-refractivity contribution in [2.45, 2.75) is 97.7 Å². The van der Waals surface area contributed by atoms with Gasteiger partial charge < -0.3 is 9.84 Å². The molecule has 4 fully saturated rings. The smallest absolute Gasteiger partial charge is 0.302 e. The molecule has 0 heterocycles. The maximum Gasteiger partial charge on any atom is 0.302 e. The van der Waals surface area contributed by atoms with Crippen LogP contribution < -0.4 is 0 Å². The number of aliphatic hydroxyl groups is 1. The van der Waals surface area contributed by atoms with Crippen LogP contribution in [-0.2, 0) is 9.53 Å². The molecule has 0 amide bonds. The molecule has 148 valence electrons. The third-order valence-electron chi connectivity index (χ3n) is 9.61. The lowest BCUT2D eigenvalue weighted by atomic mass is 9.44. The van der Waals surface area contributed by atoms with Crippen LogP contribution in [0.2, 0.25) is 0 Å². The summed E-state index contributed by atoms with van der Waals surface area (Å²) in [4.78, 5) is 11.4. The summed E-state index contributed by atoms with van der Waals surface area (Å²) in [5, 5.41) is 10.4. The predicted molar refractivity (Wildman–Crippen MR) is 102 cm³/mol. The van der Waals surface area contributed by atoms with Gasteiger partial charge in [0.2, 0.25) is 0 Å². The van der Waals surface area contributed by atoms with Crippen LogP contribution in [0.15, 0.2) is 0 Å². The number of hydrogen-bond acceptors (Lipinski definition) is 3. The van der Waals surface area contributed by atoms with Gasteiger partial charge in [-0.05, 0) is 105 Å². The summed E-state index contributed by atoms with van der Waals surface area (Å²) in [6.45, 7) is 8.61. The first-order valence-corrected chi connectivity index (χ1v) is 11.1. The number of rotatable bonds is 2. The van der Waals surface area contributed by atoms with E-state index in [9.17, 15) is 9.90 Å². The standard InChI is InChI=1S/C23H38O3/c1-14(24)19-7-8-20-18-6-5-16-13-17(26-15(2)25)9-11-22(16,3)21(18)10-12-23(19,20)4/h14,16-21,24H,5-13H2,1-4H3/t14?,16-,17?,18?,19?,20?,21?,22-,23+/m0/s1. The predicted octanol–water partition coefficient (Wildman–Crippen LogP) is 4.96. The first-order chi connectivity index (χ1) is 12.3. The van der Waals surface area contributed by atoms with Crippen LogP contribution in [0.25, 0.3) is 0 Å².